The van der Waals surface area contributed by atoms with Crippen LogP contribution in [0.1, 0.15) is 23.6 Å². The third kappa shape index (κ3) is 6.39. The van der Waals surface area contributed by atoms with Gasteiger partial charge in [0, 0.05) is 18.3 Å². The van der Waals surface area contributed by atoms with Gasteiger partial charge in [-0.25, -0.2) is 8.42 Å². The molecule has 0 aliphatic carbocycles. The molecule has 1 atom stereocenters. The zero-order valence-corrected chi connectivity index (χ0v) is 22.4. The maximum Gasteiger partial charge on any atom is 0.308 e. The van der Waals surface area contributed by atoms with Crippen LogP contribution in [0.3, 0.4) is 0 Å². The molecule has 1 unspecified atom stereocenters. The van der Waals surface area contributed by atoms with Crippen LogP contribution >= 0.6 is 0 Å². The number of hydrogen-bond donors (Lipinski definition) is 1. The van der Waals surface area contributed by atoms with Crippen molar-refractivity contribution in [2.45, 2.75) is 23.8 Å². The van der Waals surface area contributed by atoms with Gasteiger partial charge in [0.2, 0.25) is 10.0 Å². The molecule has 1 N–H and O–H groups in total. The molecule has 40 heavy (non-hydrogen) atoms. The molecule has 4 aromatic carbocycles. The molecule has 1 heterocycles. The van der Waals surface area contributed by atoms with Crippen LogP contribution in [0.2, 0.25) is 0 Å². The molecule has 0 saturated heterocycles. The van der Waals surface area contributed by atoms with Gasteiger partial charge in [-0.05, 0) is 53.9 Å². The van der Waals surface area contributed by atoms with Crippen molar-refractivity contribution in [2.24, 2.45) is 0 Å². The Balaban J connectivity index is 1.24. The molecule has 0 aromatic heterocycles. The highest BCUT2D eigenvalue weighted by molar-refractivity contribution is 7.89. The number of nitrogens with zero attached hydrogens (tertiary/aromatic N) is 1. The zero-order valence-electron chi connectivity index (χ0n) is 21.6. The van der Waals surface area contributed by atoms with Crippen molar-refractivity contribution in [3.8, 4) is 11.5 Å². The number of hydrogen-bond acceptors (Lipinski definition) is 6. The quantitative estimate of drug-likeness (QED) is 0.279. The highest BCUT2D eigenvalue weighted by Crippen LogP contribution is 2.36. The summed E-state index contributed by atoms with van der Waals surface area (Å²) in [5.41, 5.74) is 2.22. The number of ether oxygens (including phenoxy) is 2. The lowest BCUT2D eigenvalue weighted by molar-refractivity contribution is -0.148. The number of nitrogens with one attached hydrogen (secondary N) is 1. The Labute approximate surface area is 233 Å². The van der Waals surface area contributed by atoms with E-state index in [1.54, 1.807) is 42.5 Å². The Morgan fingerprint density at radius 1 is 0.825 bits per heavy atom. The Kier molecular flexibility index (Phi) is 8.23. The number of para-hydroxylation sites is 1. The molecule has 4 aromatic rings. The molecule has 0 fully saturated rings. The first-order valence-electron chi connectivity index (χ1n) is 12.8. The summed E-state index contributed by atoms with van der Waals surface area (Å²) in [5, 5.41) is 2.69. The van der Waals surface area contributed by atoms with Crippen LogP contribution in [-0.2, 0) is 30.8 Å². The highest BCUT2D eigenvalue weighted by atomic mass is 32.2. The van der Waals surface area contributed by atoms with Crippen LogP contribution in [0, 0.1) is 0 Å². The first-order valence-corrected chi connectivity index (χ1v) is 14.3. The minimum absolute atomic E-state index is 0.158. The van der Waals surface area contributed by atoms with Crippen LogP contribution in [-0.4, -0.2) is 37.8 Å². The van der Waals surface area contributed by atoms with E-state index < -0.39 is 34.5 Å². The lowest BCUT2D eigenvalue weighted by atomic mass is 9.92. The lowest BCUT2D eigenvalue weighted by Gasteiger charge is -2.36. The highest BCUT2D eigenvalue weighted by Gasteiger charge is 2.37. The predicted molar refractivity (Wildman–Crippen MR) is 150 cm³/mol. The fourth-order valence-electron chi connectivity index (χ4n) is 4.68. The predicted octanol–water partition coefficient (Wildman–Crippen LogP) is 5.34. The van der Waals surface area contributed by atoms with Crippen molar-refractivity contribution in [1.29, 1.82) is 0 Å². The van der Waals surface area contributed by atoms with E-state index in [2.05, 4.69) is 5.32 Å². The largest absolute Gasteiger partial charge is 0.457 e. The van der Waals surface area contributed by atoms with Gasteiger partial charge in [0.1, 0.15) is 11.5 Å². The summed E-state index contributed by atoms with van der Waals surface area (Å²) in [4.78, 5) is 25.6. The molecule has 9 heteroatoms. The topological polar surface area (TPSA) is 102 Å². The SMILES string of the molecule is O=C(COC(=O)CC1c2ccccc2CCN1S(=O)(=O)c1ccccc1)Nc1cccc(Oc2ccccc2)c1. The van der Waals surface area contributed by atoms with E-state index in [1.165, 1.54) is 16.4 Å². The molecule has 204 valence electrons. The van der Waals surface area contributed by atoms with E-state index in [1.807, 2.05) is 54.6 Å². The summed E-state index contributed by atoms with van der Waals surface area (Å²) < 4.78 is 39.4. The normalized spacial score (nSPS) is 15.1. The summed E-state index contributed by atoms with van der Waals surface area (Å²) in [7, 11) is -3.86. The molecular weight excluding hydrogens is 528 g/mol. The van der Waals surface area contributed by atoms with Crippen LogP contribution in [0.4, 0.5) is 5.69 Å². The number of sulfonamides is 1. The molecule has 5 rings (SSSR count). The van der Waals surface area contributed by atoms with Gasteiger partial charge in [-0.3, -0.25) is 9.59 Å². The van der Waals surface area contributed by atoms with Gasteiger partial charge in [-0.1, -0.05) is 66.7 Å². The Morgan fingerprint density at radius 2 is 1.50 bits per heavy atom. The molecule has 0 saturated carbocycles. The number of amides is 1. The van der Waals surface area contributed by atoms with Crippen LogP contribution in [0.25, 0.3) is 0 Å². The van der Waals surface area contributed by atoms with Gasteiger partial charge >= 0.3 is 5.97 Å². The van der Waals surface area contributed by atoms with Gasteiger partial charge in [-0.15, -0.1) is 0 Å². The number of carbonyl (C=O) groups is 2. The molecule has 1 aliphatic rings. The fraction of sp³-hybridized carbons (Fsp3) is 0.161. The summed E-state index contributed by atoms with van der Waals surface area (Å²) in [6, 6.07) is 31.0. The van der Waals surface area contributed by atoms with Crippen molar-refractivity contribution in [2.75, 3.05) is 18.5 Å². The van der Waals surface area contributed by atoms with Crippen molar-refractivity contribution in [3.05, 3.63) is 120 Å². The summed E-state index contributed by atoms with van der Waals surface area (Å²) >= 11 is 0. The monoisotopic (exact) mass is 556 g/mol. The minimum Gasteiger partial charge on any atom is -0.457 e. The number of benzene rings is 4. The Morgan fingerprint density at radius 3 is 2.27 bits per heavy atom. The average Bonchev–Trinajstić information content (AvgIpc) is 2.97. The molecule has 1 aliphatic heterocycles. The van der Waals surface area contributed by atoms with Crippen LogP contribution < -0.4 is 10.1 Å². The Bertz CT molecular complexity index is 1590. The van der Waals surface area contributed by atoms with Gasteiger partial charge in [0.15, 0.2) is 6.61 Å². The molecule has 0 radical (unpaired) electrons. The van der Waals surface area contributed by atoms with Crippen molar-refractivity contribution in [3.63, 3.8) is 0 Å². The van der Waals surface area contributed by atoms with Gasteiger partial charge < -0.3 is 14.8 Å². The average molecular weight is 557 g/mol. The molecular formula is C31H28N2O6S. The number of carbonyl (C=O) groups excluding carboxylic acids is 2. The van der Waals surface area contributed by atoms with Crippen molar-refractivity contribution >= 4 is 27.6 Å². The van der Waals surface area contributed by atoms with Crippen LogP contribution in [0.15, 0.2) is 114 Å². The maximum absolute atomic E-state index is 13.5. The third-order valence-corrected chi connectivity index (χ3v) is 8.46. The summed E-state index contributed by atoms with van der Waals surface area (Å²) in [5.74, 6) is -0.00140. The third-order valence-electron chi connectivity index (χ3n) is 6.53. The second-order valence-electron chi connectivity index (χ2n) is 9.25. The molecule has 0 bridgehead atoms. The van der Waals surface area contributed by atoms with E-state index in [-0.39, 0.29) is 17.9 Å². The summed E-state index contributed by atoms with van der Waals surface area (Å²) in [6.07, 6.45) is 0.306. The van der Waals surface area contributed by atoms with E-state index in [9.17, 15) is 18.0 Å². The number of rotatable bonds is 9. The number of fused-ring (bicyclic) bond motifs is 1. The van der Waals surface area contributed by atoms with Crippen molar-refractivity contribution < 1.29 is 27.5 Å². The number of anilines is 1. The van der Waals surface area contributed by atoms with Gasteiger partial charge in [0.05, 0.1) is 17.4 Å². The van der Waals surface area contributed by atoms with E-state index in [4.69, 9.17) is 9.47 Å². The lowest BCUT2D eigenvalue weighted by Crippen LogP contribution is -2.41. The summed E-state index contributed by atoms with van der Waals surface area (Å²) in [6.45, 7) is -0.281. The number of esters is 1. The zero-order chi connectivity index (χ0) is 28.0. The standard InChI is InChI=1S/C31H28N2O6S/c34-30(32-24-11-9-14-26(20-24)39-25-12-3-1-4-13-25)22-38-31(35)21-29-28-17-8-7-10-23(28)18-19-33(29)40(36,37)27-15-5-2-6-16-27/h1-17,20,29H,18-19,21-22H2,(H,32,34). The first kappa shape index (κ1) is 27.1. The molecule has 8 nitrogen and oxygen atoms in total. The second-order valence-corrected chi connectivity index (χ2v) is 11.1. The van der Waals surface area contributed by atoms with Crippen molar-refractivity contribution in [1.82, 2.24) is 4.31 Å². The molecule has 0 spiro atoms. The molecule has 1 amide bonds. The van der Waals surface area contributed by atoms with Gasteiger partial charge in [-0.2, -0.15) is 4.31 Å². The van der Waals surface area contributed by atoms with E-state index >= 15 is 0 Å². The van der Waals surface area contributed by atoms with E-state index in [0.717, 1.165) is 11.1 Å². The van der Waals surface area contributed by atoms with E-state index in [0.29, 0.717) is 23.6 Å². The second kappa shape index (κ2) is 12.1. The van der Waals surface area contributed by atoms with Crippen LogP contribution in [0.5, 0.6) is 11.5 Å². The minimum atomic E-state index is -3.86. The first-order chi connectivity index (χ1) is 19.4. The smallest absolute Gasteiger partial charge is 0.308 e. The fourth-order valence-corrected chi connectivity index (χ4v) is 6.30. The van der Waals surface area contributed by atoms with Gasteiger partial charge in [0.25, 0.3) is 5.91 Å². The maximum atomic E-state index is 13.5. The Hall–Kier alpha value is -4.47.